The van der Waals surface area contributed by atoms with Crippen molar-refractivity contribution in [2.24, 2.45) is 11.3 Å². The van der Waals surface area contributed by atoms with Crippen LogP contribution in [-0.4, -0.2) is 22.6 Å². The van der Waals surface area contributed by atoms with Crippen molar-refractivity contribution < 1.29 is 9.53 Å². The first-order valence-electron chi connectivity index (χ1n) is 11.8. The number of methoxy groups -OCH3 is 1. The lowest BCUT2D eigenvalue weighted by Crippen LogP contribution is -2.27. The van der Waals surface area contributed by atoms with E-state index >= 15 is 0 Å². The van der Waals surface area contributed by atoms with Gasteiger partial charge in [-0.1, -0.05) is 52.2 Å². The zero-order chi connectivity index (χ0) is 22.7. The van der Waals surface area contributed by atoms with E-state index in [0.717, 1.165) is 35.4 Å². The van der Waals surface area contributed by atoms with Crippen LogP contribution in [0.25, 0.3) is 11.0 Å². The summed E-state index contributed by atoms with van der Waals surface area (Å²) < 4.78 is 7.83. The Bertz CT molecular complexity index is 1090. The Morgan fingerprint density at radius 1 is 1.16 bits per heavy atom. The quantitative estimate of drug-likeness (QED) is 0.503. The monoisotopic (exact) mass is 433 g/mol. The minimum atomic E-state index is -0.445. The van der Waals surface area contributed by atoms with Crippen LogP contribution in [-0.2, 0) is 17.8 Å². The number of nitrogens with one attached hydrogen (secondary N) is 1. The molecule has 0 aliphatic heterocycles. The van der Waals surface area contributed by atoms with Gasteiger partial charge in [-0.15, -0.1) is 0 Å². The SMILES string of the molecule is COc1cccc(Cc2cc3cc(NC(=O)C(C)(C)C)cnc3n2CC2CCCCC2)c1. The van der Waals surface area contributed by atoms with Crippen molar-refractivity contribution in [1.82, 2.24) is 9.55 Å². The first kappa shape index (κ1) is 22.4. The van der Waals surface area contributed by atoms with Gasteiger partial charge in [-0.3, -0.25) is 4.79 Å². The van der Waals surface area contributed by atoms with Gasteiger partial charge in [0.1, 0.15) is 11.4 Å². The van der Waals surface area contributed by atoms with Crippen molar-refractivity contribution >= 4 is 22.6 Å². The van der Waals surface area contributed by atoms with Crippen LogP contribution in [0.1, 0.15) is 64.1 Å². The molecule has 4 rings (SSSR count). The van der Waals surface area contributed by atoms with Crippen molar-refractivity contribution in [3.8, 4) is 5.75 Å². The van der Waals surface area contributed by atoms with E-state index in [9.17, 15) is 4.79 Å². The molecule has 32 heavy (non-hydrogen) atoms. The molecular weight excluding hydrogens is 398 g/mol. The summed E-state index contributed by atoms with van der Waals surface area (Å²) >= 11 is 0. The fourth-order valence-corrected chi connectivity index (χ4v) is 4.56. The minimum absolute atomic E-state index is 0.00288. The van der Waals surface area contributed by atoms with E-state index < -0.39 is 5.41 Å². The predicted molar refractivity (Wildman–Crippen MR) is 130 cm³/mol. The Hall–Kier alpha value is -2.82. The largest absolute Gasteiger partial charge is 0.497 e. The molecule has 0 saturated heterocycles. The molecule has 1 aliphatic rings. The standard InChI is InChI=1S/C27H35N3O2/c1-27(2,3)26(31)29-22-15-21-16-23(13-20-11-8-12-24(14-20)32-4)30(25(21)28-17-22)18-19-9-6-5-7-10-19/h8,11-12,14-17,19H,5-7,9-10,13,18H2,1-4H3,(H,29,31). The third-order valence-corrected chi connectivity index (χ3v) is 6.44. The molecule has 0 unspecified atom stereocenters. The summed E-state index contributed by atoms with van der Waals surface area (Å²) in [5.74, 6) is 1.57. The molecule has 0 spiro atoms. The molecule has 5 heteroatoms. The van der Waals surface area contributed by atoms with E-state index in [-0.39, 0.29) is 5.91 Å². The van der Waals surface area contributed by atoms with Crippen LogP contribution in [0.15, 0.2) is 42.6 Å². The van der Waals surface area contributed by atoms with Gasteiger partial charge in [0.15, 0.2) is 0 Å². The molecule has 170 valence electrons. The highest BCUT2D eigenvalue weighted by Gasteiger charge is 2.22. The van der Waals surface area contributed by atoms with Crippen LogP contribution in [0, 0.1) is 11.3 Å². The number of ether oxygens (including phenoxy) is 1. The topological polar surface area (TPSA) is 56.1 Å². The average Bonchev–Trinajstić information content (AvgIpc) is 3.10. The number of hydrogen-bond acceptors (Lipinski definition) is 3. The lowest BCUT2D eigenvalue weighted by atomic mass is 9.89. The molecule has 1 N–H and O–H groups in total. The maximum absolute atomic E-state index is 12.5. The number of aromatic nitrogens is 2. The van der Waals surface area contributed by atoms with Crippen LogP contribution < -0.4 is 10.1 Å². The van der Waals surface area contributed by atoms with Crippen molar-refractivity contribution in [2.75, 3.05) is 12.4 Å². The molecule has 0 radical (unpaired) electrons. The molecular formula is C27H35N3O2. The first-order valence-corrected chi connectivity index (χ1v) is 11.8. The van der Waals surface area contributed by atoms with Gasteiger partial charge in [-0.05, 0) is 48.6 Å². The molecule has 0 bridgehead atoms. The summed E-state index contributed by atoms with van der Waals surface area (Å²) in [6, 6.07) is 12.6. The number of nitrogens with zero attached hydrogens (tertiary/aromatic N) is 2. The second-order valence-electron chi connectivity index (χ2n) is 10.1. The van der Waals surface area contributed by atoms with E-state index in [1.807, 2.05) is 32.9 Å². The number of carbonyl (C=O) groups is 1. The number of carbonyl (C=O) groups excluding carboxylic acids is 1. The molecule has 2 heterocycles. The van der Waals surface area contributed by atoms with E-state index in [4.69, 9.17) is 9.72 Å². The van der Waals surface area contributed by atoms with Gasteiger partial charge in [0.05, 0.1) is 19.0 Å². The first-order chi connectivity index (χ1) is 15.3. The van der Waals surface area contributed by atoms with Crippen molar-refractivity contribution in [2.45, 2.75) is 65.8 Å². The summed E-state index contributed by atoms with van der Waals surface area (Å²) in [6.45, 7) is 6.76. The maximum Gasteiger partial charge on any atom is 0.229 e. The Morgan fingerprint density at radius 2 is 1.94 bits per heavy atom. The Kier molecular flexibility index (Phi) is 6.54. The Labute approximate surface area is 191 Å². The molecule has 1 fully saturated rings. The molecule has 1 saturated carbocycles. The average molecular weight is 434 g/mol. The highest BCUT2D eigenvalue weighted by Crippen LogP contribution is 2.30. The van der Waals surface area contributed by atoms with Crippen molar-refractivity contribution in [3.05, 3.63) is 53.9 Å². The molecule has 2 aromatic heterocycles. The summed E-state index contributed by atoms with van der Waals surface area (Å²) in [6.07, 6.45) is 9.20. The summed E-state index contributed by atoms with van der Waals surface area (Å²) in [5, 5.41) is 4.10. The van der Waals surface area contributed by atoms with Crippen LogP contribution in [0.5, 0.6) is 5.75 Å². The molecule has 0 atom stereocenters. The van der Waals surface area contributed by atoms with Gasteiger partial charge < -0.3 is 14.6 Å². The van der Waals surface area contributed by atoms with E-state index in [0.29, 0.717) is 5.92 Å². The van der Waals surface area contributed by atoms with Crippen LogP contribution in [0.2, 0.25) is 0 Å². The van der Waals surface area contributed by atoms with Gasteiger partial charge >= 0.3 is 0 Å². The van der Waals surface area contributed by atoms with Crippen LogP contribution >= 0.6 is 0 Å². The van der Waals surface area contributed by atoms with Crippen molar-refractivity contribution in [3.63, 3.8) is 0 Å². The smallest absolute Gasteiger partial charge is 0.229 e. The molecule has 5 nitrogen and oxygen atoms in total. The van der Waals surface area contributed by atoms with E-state index in [1.165, 1.54) is 43.4 Å². The third-order valence-electron chi connectivity index (χ3n) is 6.44. The molecule has 1 amide bonds. The number of amides is 1. The maximum atomic E-state index is 12.5. The summed E-state index contributed by atoms with van der Waals surface area (Å²) in [4.78, 5) is 17.3. The van der Waals surface area contributed by atoms with Gasteiger partial charge in [-0.2, -0.15) is 0 Å². The highest BCUT2D eigenvalue weighted by molar-refractivity contribution is 5.96. The second kappa shape index (κ2) is 9.35. The minimum Gasteiger partial charge on any atom is -0.497 e. The van der Waals surface area contributed by atoms with E-state index in [2.05, 4.69) is 34.1 Å². The summed E-state index contributed by atoms with van der Waals surface area (Å²) in [7, 11) is 1.70. The highest BCUT2D eigenvalue weighted by atomic mass is 16.5. The third kappa shape index (κ3) is 5.14. The lowest BCUT2D eigenvalue weighted by Gasteiger charge is -2.23. The van der Waals surface area contributed by atoms with Gasteiger partial charge in [0, 0.05) is 29.5 Å². The second-order valence-corrected chi connectivity index (χ2v) is 10.1. The molecule has 1 aromatic carbocycles. The molecule has 3 aromatic rings. The summed E-state index contributed by atoms with van der Waals surface area (Å²) in [5.41, 5.74) is 3.78. The number of hydrogen-bond donors (Lipinski definition) is 1. The number of rotatable bonds is 6. The number of pyridine rings is 1. The number of fused-ring (bicyclic) bond motifs is 1. The van der Waals surface area contributed by atoms with Gasteiger partial charge in [0.2, 0.25) is 5.91 Å². The lowest BCUT2D eigenvalue weighted by molar-refractivity contribution is -0.123. The number of benzene rings is 1. The van der Waals surface area contributed by atoms with Gasteiger partial charge in [0.25, 0.3) is 0 Å². The number of anilines is 1. The Balaban J connectivity index is 1.68. The van der Waals surface area contributed by atoms with Crippen molar-refractivity contribution in [1.29, 1.82) is 0 Å². The van der Waals surface area contributed by atoms with E-state index in [1.54, 1.807) is 13.3 Å². The zero-order valence-electron chi connectivity index (χ0n) is 19.8. The molecule has 1 aliphatic carbocycles. The van der Waals surface area contributed by atoms with Gasteiger partial charge in [-0.25, -0.2) is 4.98 Å². The van der Waals surface area contributed by atoms with Crippen LogP contribution in [0.4, 0.5) is 5.69 Å². The fraction of sp³-hybridized carbons (Fsp3) is 0.481. The van der Waals surface area contributed by atoms with Crippen LogP contribution in [0.3, 0.4) is 0 Å². The predicted octanol–water partition coefficient (Wildman–Crippen LogP) is 6.20. The fourth-order valence-electron chi connectivity index (χ4n) is 4.56. The normalized spacial score (nSPS) is 15.1. The Morgan fingerprint density at radius 3 is 2.66 bits per heavy atom. The zero-order valence-corrected chi connectivity index (χ0v) is 19.8.